The standard InChI is InChI=1S/C20H26N2O3S/c1-20(2,3)15-19(23)22-17-9-11-18(12-10-17)26(24,25)21-14-13-16-7-5-4-6-8-16/h4-12,21H,13-15H2,1-3H3,(H,22,23). The van der Waals surface area contributed by atoms with Gasteiger partial charge in [0.15, 0.2) is 0 Å². The number of carbonyl (C=O) groups is 1. The number of anilines is 1. The third kappa shape index (κ3) is 6.61. The lowest BCUT2D eigenvalue weighted by Gasteiger charge is -2.17. The number of hydrogen-bond donors (Lipinski definition) is 2. The first-order valence-electron chi connectivity index (χ1n) is 8.59. The van der Waals surface area contributed by atoms with E-state index in [0.29, 0.717) is 25.1 Å². The van der Waals surface area contributed by atoms with Gasteiger partial charge in [-0.2, -0.15) is 0 Å². The lowest BCUT2D eigenvalue weighted by atomic mass is 9.92. The van der Waals surface area contributed by atoms with Crippen LogP contribution in [0, 0.1) is 5.41 Å². The molecule has 0 saturated carbocycles. The molecular formula is C20H26N2O3S. The van der Waals surface area contributed by atoms with Gasteiger partial charge in [-0.3, -0.25) is 4.79 Å². The molecule has 140 valence electrons. The van der Waals surface area contributed by atoms with Crippen molar-refractivity contribution in [3.05, 3.63) is 60.2 Å². The van der Waals surface area contributed by atoms with Crippen LogP contribution < -0.4 is 10.0 Å². The Morgan fingerprint density at radius 3 is 2.15 bits per heavy atom. The lowest BCUT2D eigenvalue weighted by Crippen LogP contribution is -2.26. The molecule has 0 heterocycles. The van der Waals surface area contributed by atoms with Crippen LogP contribution in [0.5, 0.6) is 0 Å². The molecule has 2 rings (SSSR count). The van der Waals surface area contributed by atoms with Crippen molar-refractivity contribution in [3.8, 4) is 0 Å². The molecule has 0 fully saturated rings. The van der Waals surface area contributed by atoms with E-state index in [4.69, 9.17) is 0 Å². The molecule has 0 aliphatic heterocycles. The van der Waals surface area contributed by atoms with Crippen molar-refractivity contribution >= 4 is 21.6 Å². The zero-order valence-corrected chi connectivity index (χ0v) is 16.3. The molecule has 2 aromatic carbocycles. The van der Waals surface area contributed by atoms with Crippen LogP contribution in [-0.4, -0.2) is 20.9 Å². The van der Waals surface area contributed by atoms with Gasteiger partial charge in [0.2, 0.25) is 15.9 Å². The van der Waals surface area contributed by atoms with Crippen LogP contribution >= 0.6 is 0 Å². The Labute approximate surface area is 155 Å². The van der Waals surface area contributed by atoms with Crippen molar-refractivity contribution in [1.82, 2.24) is 4.72 Å². The van der Waals surface area contributed by atoms with E-state index in [9.17, 15) is 13.2 Å². The second-order valence-corrected chi connectivity index (χ2v) is 9.21. The maximum Gasteiger partial charge on any atom is 0.240 e. The summed E-state index contributed by atoms with van der Waals surface area (Å²) in [6.07, 6.45) is 1.02. The monoisotopic (exact) mass is 374 g/mol. The van der Waals surface area contributed by atoms with Crippen molar-refractivity contribution in [2.45, 2.75) is 38.5 Å². The summed E-state index contributed by atoms with van der Waals surface area (Å²) < 4.78 is 27.3. The highest BCUT2D eigenvalue weighted by atomic mass is 32.2. The van der Waals surface area contributed by atoms with Crippen LogP contribution in [0.1, 0.15) is 32.8 Å². The molecule has 0 unspecified atom stereocenters. The second kappa shape index (κ2) is 8.47. The van der Waals surface area contributed by atoms with E-state index in [2.05, 4.69) is 10.0 Å². The summed E-state index contributed by atoms with van der Waals surface area (Å²) >= 11 is 0. The fraction of sp³-hybridized carbons (Fsp3) is 0.350. The Balaban J connectivity index is 1.92. The van der Waals surface area contributed by atoms with Crippen molar-refractivity contribution in [3.63, 3.8) is 0 Å². The minimum atomic E-state index is -3.57. The van der Waals surface area contributed by atoms with Crippen molar-refractivity contribution in [2.24, 2.45) is 5.41 Å². The van der Waals surface area contributed by atoms with Crippen LogP contribution in [0.2, 0.25) is 0 Å². The van der Waals surface area contributed by atoms with Gasteiger partial charge in [-0.05, 0) is 41.7 Å². The Morgan fingerprint density at radius 2 is 1.58 bits per heavy atom. The molecule has 0 saturated heterocycles. The number of hydrogen-bond acceptors (Lipinski definition) is 3. The van der Waals surface area contributed by atoms with Crippen LogP contribution in [-0.2, 0) is 21.2 Å². The summed E-state index contributed by atoms with van der Waals surface area (Å²) in [7, 11) is -3.57. The third-order valence-corrected chi connectivity index (χ3v) is 5.16. The normalized spacial score (nSPS) is 12.0. The fourth-order valence-corrected chi connectivity index (χ4v) is 3.49. The van der Waals surface area contributed by atoms with Crippen molar-refractivity contribution in [2.75, 3.05) is 11.9 Å². The summed E-state index contributed by atoms with van der Waals surface area (Å²) in [6, 6.07) is 15.9. The fourth-order valence-electron chi connectivity index (χ4n) is 2.46. The van der Waals surface area contributed by atoms with Gasteiger partial charge in [-0.15, -0.1) is 0 Å². The maximum absolute atomic E-state index is 12.3. The van der Waals surface area contributed by atoms with E-state index >= 15 is 0 Å². The Morgan fingerprint density at radius 1 is 0.962 bits per heavy atom. The van der Waals surface area contributed by atoms with Gasteiger partial charge >= 0.3 is 0 Å². The predicted molar refractivity (Wildman–Crippen MR) is 104 cm³/mol. The van der Waals surface area contributed by atoms with E-state index in [-0.39, 0.29) is 16.2 Å². The average Bonchev–Trinajstić information content (AvgIpc) is 2.54. The highest BCUT2D eigenvalue weighted by Gasteiger charge is 2.17. The minimum absolute atomic E-state index is 0.0888. The third-order valence-electron chi connectivity index (χ3n) is 3.69. The zero-order chi connectivity index (χ0) is 19.2. The first kappa shape index (κ1) is 20.1. The van der Waals surface area contributed by atoms with E-state index in [1.807, 2.05) is 51.1 Å². The first-order chi connectivity index (χ1) is 12.2. The molecule has 5 nitrogen and oxygen atoms in total. The van der Waals surface area contributed by atoms with Crippen LogP contribution in [0.25, 0.3) is 0 Å². The smallest absolute Gasteiger partial charge is 0.240 e. The summed E-state index contributed by atoms with van der Waals surface area (Å²) in [5, 5.41) is 2.79. The lowest BCUT2D eigenvalue weighted by molar-refractivity contribution is -0.117. The molecule has 2 aromatic rings. The summed E-state index contributed by atoms with van der Waals surface area (Å²) in [4.78, 5) is 12.1. The zero-order valence-electron chi connectivity index (χ0n) is 15.5. The average molecular weight is 375 g/mol. The highest BCUT2D eigenvalue weighted by Crippen LogP contribution is 2.20. The van der Waals surface area contributed by atoms with E-state index in [1.165, 1.54) is 12.1 Å². The van der Waals surface area contributed by atoms with Crippen LogP contribution in [0.3, 0.4) is 0 Å². The molecular weight excluding hydrogens is 348 g/mol. The molecule has 1 amide bonds. The van der Waals surface area contributed by atoms with Gasteiger partial charge in [0.25, 0.3) is 0 Å². The maximum atomic E-state index is 12.3. The van der Waals surface area contributed by atoms with Gasteiger partial charge in [0, 0.05) is 18.7 Å². The second-order valence-electron chi connectivity index (χ2n) is 7.44. The summed E-state index contributed by atoms with van der Waals surface area (Å²) in [5.41, 5.74) is 1.56. The largest absolute Gasteiger partial charge is 0.326 e. The molecule has 6 heteroatoms. The minimum Gasteiger partial charge on any atom is -0.326 e. The van der Waals surface area contributed by atoms with Gasteiger partial charge in [0.1, 0.15) is 0 Å². The number of carbonyl (C=O) groups excluding carboxylic acids is 1. The Hall–Kier alpha value is -2.18. The van der Waals surface area contributed by atoms with Crippen molar-refractivity contribution in [1.29, 1.82) is 0 Å². The number of rotatable bonds is 7. The van der Waals surface area contributed by atoms with Gasteiger partial charge in [0.05, 0.1) is 4.90 Å². The molecule has 26 heavy (non-hydrogen) atoms. The Bertz CT molecular complexity index is 824. The highest BCUT2D eigenvalue weighted by molar-refractivity contribution is 7.89. The predicted octanol–water partition coefficient (Wildman–Crippen LogP) is 3.58. The SMILES string of the molecule is CC(C)(C)CC(=O)Nc1ccc(S(=O)(=O)NCCc2ccccc2)cc1. The number of nitrogens with one attached hydrogen (secondary N) is 2. The quantitative estimate of drug-likeness (QED) is 0.778. The number of sulfonamides is 1. The first-order valence-corrected chi connectivity index (χ1v) is 10.1. The molecule has 0 radical (unpaired) electrons. The molecule has 0 aliphatic rings. The van der Waals surface area contributed by atoms with Gasteiger partial charge in [-0.1, -0.05) is 51.1 Å². The summed E-state index contributed by atoms with van der Waals surface area (Å²) in [5.74, 6) is -0.0888. The topological polar surface area (TPSA) is 75.3 Å². The molecule has 2 N–H and O–H groups in total. The van der Waals surface area contributed by atoms with Crippen LogP contribution in [0.15, 0.2) is 59.5 Å². The van der Waals surface area contributed by atoms with E-state index < -0.39 is 10.0 Å². The molecule has 0 atom stereocenters. The Kier molecular flexibility index (Phi) is 6.56. The molecule has 0 bridgehead atoms. The molecule has 0 aliphatic carbocycles. The molecule has 0 spiro atoms. The number of benzene rings is 2. The molecule has 0 aromatic heterocycles. The van der Waals surface area contributed by atoms with E-state index in [0.717, 1.165) is 5.56 Å². The van der Waals surface area contributed by atoms with E-state index in [1.54, 1.807) is 12.1 Å². The van der Waals surface area contributed by atoms with Crippen molar-refractivity contribution < 1.29 is 13.2 Å². The number of amides is 1. The van der Waals surface area contributed by atoms with Gasteiger partial charge in [-0.25, -0.2) is 13.1 Å². The summed E-state index contributed by atoms with van der Waals surface area (Å²) in [6.45, 7) is 6.30. The van der Waals surface area contributed by atoms with Crippen LogP contribution in [0.4, 0.5) is 5.69 Å². The van der Waals surface area contributed by atoms with Gasteiger partial charge < -0.3 is 5.32 Å².